The predicted octanol–water partition coefficient (Wildman–Crippen LogP) is 3.08. The molecular weight excluding hydrogens is 272 g/mol. The van der Waals surface area contributed by atoms with Crippen molar-refractivity contribution in [2.45, 2.75) is 54.6 Å². The minimum absolute atomic E-state index is 0.0184. The molecule has 0 heterocycles. The third-order valence-electron chi connectivity index (χ3n) is 2.41. The summed E-state index contributed by atoms with van der Waals surface area (Å²) < 4.78 is 15.8. The van der Waals surface area contributed by atoms with Gasteiger partial charge in [0.25, 0.3) is 0 Å². The largest absolute Gasteiger partial charge is 0.498 e. The van der Waals surface area contributed by atoms with Crippen LogP contribution in [0.15, 0.2) is 12.3 Å². The van der Waals surface area contributed by atoms with Crippen LogP contribution in [0.2, 0.25) is 0 Å². The number of ether oxygens (including phenoxy) is 3. The fourth-order valence-electron chi connectivity index (χ4n) is 1.09. The van der Waals surface area contributed by atoms with Crippen LogP contribution < -0.4 is 0 Å². The number of hydrogen-bond acceptors (Lipinski definition) is 5. The Balaban J connectivity index is 4.60. The summed E-state index contributed by atoms with van der Waals surface area (Å²) in [5.74, 6) is -0.700. The Hall–Kier alpha value is -1.52. The Kier molecular flexibility index (Phi) is 7.47. The van der Waals surface area contributed by atoms with Gasteiger partial charge in [0, 0.05) is 0 Å². The van der Waals surface area contributed by atoms with E-state index in [1.54, 1.807) is 47.6 Å². The summed E-state index contributed by atoms with van der Waals surface area (Å²) in [6, 6.07) is 0. The van der Waals surface area contributed by atoms with Gasteiger partial charge >= 0.3 is 11.9 Å². The van der Waals surface area contributed by atoms with Gasteiger partial charge in [-0.25, -0.2) is 0 Å². The molecule has 5 heteroatoms. The molecule has 0 spiro atoms. The van der Waals surface area contributed by atoms with E-state index in [1.807, 2.05) is 6.92 Å². The Morgan fingerprint density at radius 3 is 1.90 bits per heavy atom. The fraction of sp³-hybridized carbons (Fsp3) is 0.750. The van der Waals surface area contributed by atoms with Gasteiger partial charge in [-0.3, -0.25) is 9.59 Å². The van der Waals surface area contributed by atoms with Crippen molar-refractivity contribution < 1.29 is 23.8 Å². The van der Waals surface area contributed by atoms with Crippen LogP contribution in [0.5, 0.6) is 0 Å². The lowest BCUT2D eigenvalue weighted by Crippen LogP contribution is -2.35. The summed E-state index contributed by atoms with van der Waals surface area (Å²) in [5, 5.41) is 0. The lowest BCUT2D eigenvalue weighted by molar-refractivity contribution is -0.171. The molecule has 0 N–H and O–H groups in total. The molecule has 0 radical (unpaired) electrons. The smallest absolute Gasteiger partial charge is 0.311 e. The maximum atomic E-state index is 11.9. The first kappa shape index (κ1) is 19.5. The number of hydrogen-bond donors (Lipinski definition) is 0. The highest BCUT2D eigenvalue weighted by Gasteiger charge is 2.29. The van der Waals surface area contributed by atoms with Crippen molar-refractivity contribution in [1.82, 2.24) is 0 Å². The van der Waals surface area contributed by atoms with Crippen molar-refractivity contribution in [1.29, 1.82) is 0 Å². The lowest BCUT2D eigenvalue weighted by Gasteiger charge is -2.24. The average molecular weight is 300 g/mol. The van der Waals surface area contributed by atoms with Crippen LogP contribution in [0, 0.1) is 10.8 Å². The number of carbonyl (C=O) groups is 2. The van der Waals surface area contributed by atoms with Crippen LogP contribution in [0.25, 0.3) is 0 Å². The van der Waals surface area contributed by atoms with Crippen molar-refractivity contribution in [3.8, 4) is 0 Å². The molecule has 0 rings (SSSR count). The molecule has 0 fully saturated rings. The summed E-state index contributed by atoms with van der Waals surface area (Å²) in [5.41, 5.74) is -1.21. The number of rotatable bonds is 6. The van der Waals surface area contributed by atoms with Crippen LogP contribution in [0.4, 0.5) is 0 Å². The SMILES string of the molecule is CC=COCC(COC(=O)C(C)(C)C)OC(=O)C(C)(C)C. The minimum atomic E-state index is -0.626. The van der Waals surface area contributed by atoms with Crippen LogP contribution in [-0.2, 0) is 23.8 Å². The topological polar surface area (TPSA) is 61.8 Å². The van der Waals surface area contributed by atoms with Crippen molar-refractivity contribution in [3.05, 3.63) is 12.3 Å². The quantitative estimate of drug-likeness (QED) is 0.557. The molecule has 0 saturated carbocycles. The molecule has 5 nitrogen and oxygen atoms in total. The molecule has 0 aromatic rings. The first-order chi connectivity index (χ1) is 9.48. The van der Waals surface area contributed by atoms with E-state index in [-0.39, 0.29) is 25.2 Å². The second-order valence-electron chi connectivity index (χ2n) is 6.93. The van der Waals surface area contributed by atoms with E-state index in [4.69, 9.17) is 14.2 Å². The maximum Gasteiger partial charge on any atom is 0.311 e. The molecule has 0 aromatic carbocycles. The van der Waals surface area contributed by atoms with E-state index in [9.17, 15) is 9.59 Å². The molecule has 0 aliphatic heterocycles. The zero-order chi connectivity index (χ0) is 16.7. The summed E-state index contributed by atoms with van der Waals surface area (Å²) in [4.78, 5) is 23.7. The van der Waals surface area contributed by atoms with E-state index in [0.29, 0.717) is 0 Å². The van der Waals surface area contributed by atoms with Crippen LogP contribution in [-0.4, -0.2) is 31.3 Å². The normalized spacial score (nSPS) is 13.9. The van der Waals surface area contributed by atoms with Gasteiger partial charge in [0.05, 0.1) is 17.1 Å². The summed E-state index contributed by atoms with van der Waals surface area (Å²) >= 11 is 0. The zero-order valence-corrected chi connectivity index (χ0v) is 14.2. The molecule has 0 aliphatic rings. The van der Waals surface area contributed by atoms with Crippen LogP contribution >= 0.6 is 0 Å². The summed E-state index contributed by atoms with van der Waals surface area (Å²) in [7, 11) is 0. The van der Waals surface area contributed by atoms with Gasteiger partial charge in [0.2, 0.25) is 0 Å². The van der Waals surface area contributed by atoms with Crippen molar-refractivity contribution in [2.75, 3.05) is 13.2 Å². The van der Waals surface area contributed by atoms with Gasteiger partial charge in [-0.05, 0) is 48.5 Å². The van der Waals surface area contributed by atoms with Gasteiger partial charge in [-0.2, -0.15) is 0 Å². The van der Waals surface area contributed by atoms with E-state index < -0.39 is 16.9 Å². The number of carbonyl (C=O) groups excluding carboxylic acids is 2. The molecule has 122 valence electrons. The summed E-state index contributed by atoms with van der Waals surface area (Å²) in [6.07, 6.45) is 2.60. The van der Waals surface area contributed by atoms with E-state index in [2.05, 4.69) is 0 Å². The Labute approximate surface area is 127 Å². The van der Waals surface area contributed by atoms with Gasteiger partial charge in [-0.1, -0.05) is 6.08 Å². The molecule has 0 saturated heterocycles. The van der Waals surface area contributed by atoms with Crippen LogP contribution in [0.3, 0.4) is 0 Å². The lowest BCUT2D eigenvalue weighted by atomic mass is 9.97. The Bertz CT molecular complexity index is 371. The van der Waals surface area contributed by atoms with E-state index >= 15 is 0 Å². The Morgan fingerprint density at radius 1 is 0.952 bits per heavy atom. The summed E-state index contributed by atoms with van der Waals surface area (Å²) in [6.45, 7) is 12.5. The second kappa shape index (κ2) is 8.05. The molecule has 21 heavy (non-hydrogen) atoms. The van der Waals surface area contributed by atoms with Crippen LogP contribution in [0.1, 0.15) is 48.5 Å². The number of esters is 2. The fourth-order valence-corrected chi connectivity index (χ4v) is 1.09. The highest BCUT2D eigenvalue weighted by Crippen LogP contribution is 2.18. The molecule has 0 aromatic heterocycles. The second-order valence-corrected chi connectivity index (χ2v) is 6.93. The minimum Gasteiger partial charge on any atom is -0.498 e. The average Bonchev–Trinajstić information content (AvgIpc) is 2.32. The molecular formula is C16H28O5. The highest BCUT2D eigenvalue weighted by molar-refractivity contribution is 5.76. The molecule has 1 unspecified atom stereocenters. The van der Waals surface area contributed by atoms with Gasteiger partial charge in [0.1, 0.15) is 13.2 Å². The standard InChI is InChI=1S/C16H28O5/c1-8-9-19-10-12(21-14(18)16(5,6)7)11-20-13(17)15(2,3)4/h8-9,12H,10-11H2,1-7H3. The maximum absolute atomic E-state index is 11.9. The molecule has 0 amide bonds. The first-order valence-electron chi connectivity index (χ1n) is 7.09. The monoisotopic (exact) mass is 300 g/mol. The molecule has 0 aliphatic carbocycles. The van der Waals surface area contributed by atoms with E-state index in [1.165, 1.54) is 6.26 Å². The zero-order valence-electron chi connectivity index (χ0n) is 14.2. The van der Waals surface area contributed by atoms with Gasteiger partial charge in [-0.15, -0.1) is 0 Å². The first-order valence-corrected chi connectivity index (χ1v) is 7.09. The van der Waals surface area contributed by atoms with E-state index in [0.717, 1.165) is 0 Å². The van der Waals surface area contributed by atoms with Crippen molar-refractivity contribution in [3.63, 3.8) is 0 Å². The highest BCUT2D eigenvalue weighted by atomic mass is 16.6. The van der Waals surface area contributed by atoms with Crippen molar-refractivity contribution in [2.24, 2.45) is 10.8 Å². The number of allylic oxidation sites excluding steroid dienone is 1. The van der Waals surface area contributed by atoms with Gasteiger partial charge < -0.3 is 14.2 Å². The molecule has 1 atom stereocenters. The molecule has 0 bridgehead atoms. The third-order valence-corrected chi connectivity index (χ3v) is 2.41. The Morgan fingerprint density at radius 2 is 1.48 bits per heavy atom. The predicted molar refractivity (Wildman–Crippen MR) is 80.5 cm³/mol. The third kappa shape index (κ3) is 8.38. The van der Waals surface area contributed by atoms with Crippen molar-refractivity contribution >= 4 is 11.9 Å². The van der Waals surface area contributed by atoms with Gasteiger partial charge in [0.15, 0.2) is 6.10 Å².